The maximum Gasteiger partial charge on any atom is 0.335 e. The molecule has 178 valence electrons. The summed E-state index contributed by atoms with van der Waals surface area (Å²) < 4.78 is 6.44. The summed E-state index contributed by atoms with van der Waals surface area (Å²) in [6, 6.07) is 14.3. The molecule has 1 saturated heterocycles. The van der Waals surface area contributed by atoms with E-state index >= 15 is 0 Å². The number of rotatable bonds is 5. The first-order valence-electron chi connectivity index (χ1n) is 10.2. The van der Waals surface area contributed by atoms with Gasteiger partial charge in [0.2, 0.25) is 0 Å². The van der Waals surface area contributed by atoms with E-state index in [-0.39, 0.29) is 12.2 Å². The average molecular weight is 595 g/mol. The van der Waals surface area contributed by atoms with Crippen LogP contribution in [0.2, 0.25) is 15.1 Å². The zero-order chi connectivity index (χ0) is 25.3. The first kappa shape index (κ1) is 25.3. The summed E-state index contributed by atoms with van der Waals surface area (Å²) in [6.45, 7) is 1.99. The molecule has 0 atom stereocenters. The van der Waals surface area contributed by atoms with Crippen molar-refractivity contribution in [2.24, 2.45) is 0 Å². The van der Waals surface area contributed by atoms with Crippen molar-refractivity contribution in [3.63, 3.8) is 0 Å². The van der Waals surface area contributed by atoms with Crippen molar-refractivity contribution in [1.82, 2.24) is 5.32 Å². The Morgan fingerprint density at radius 3 is 2.46 bits per heavy atom. The standard InChI is InChI=1S/C25H16BrCl3N2O4/c1-13-2-5-16(27)11-21(13)31-24(33)17(23(32)30-25(31)34)8-14-4-7-22(18(26)9-14)35-12-15-3-6-19(28)20(29)10-15/h2-11H,12H2,1H3,(H,30,32,34)/b17-8+. The minimum absolute atomic E-state index is 0.194. The number of anilines is 1. The molecule has 1 aliphatic rings. The van der Waals surface area contributed by atoms with E-state index in [1.807, 2.05) is 6.07 Å². The molecular weight excluding hydrogens is 579 g/mol. The van der Waals surface area contributed by atoms with Crippen LogP contribution in [0.3, 0.4) is 0 Å². The monoisotopic (exact) mass is 592 g/mol. The van der Waals surface area contributed by atoms with Crippen LogP contribution in [0.5, 0.6) is 5.75 Å². The summed E-state index contributed by atoms with van der Waals surface area (Å²) in [6.07, 6.45) is 1.41. The molecule has 0 aliphatic carbocycles. The molecule has 1 heterocycles. The Labute approximate surface area is 224 Å². The summed E-state index contributed by atoms with van der Waals surface area (Å²) in [4.78, 5) is 39.0. The molecule has 3 aromatic carbocycles. The fraction of sp³-hybridized carbons (Fsp3) is 0.0800. The molecule has 4 rings (SSSR count). The number of carbonyl (C=O) groups is 3. The van der Waals surface area contributed by atoms with Gasteiger partial charge in [0.05, 0.1) is 20.2 Å². The van der Waals surface area contributed by atoms with Crippen molar-refractivity contribution in [3.05, 3.63) is 96.4 Å². The van der Waals surface area contributed by atoms with Gasteiger partial charge in [0.15, 0.2) is 0 Å². The summed E-state index contributed by atoms with van der Waals surface area (Å²) in [5, 5.41) is 3.46. The second-order valence-electron chi connectivity index (χ2n) is 7.62. The fourth-order valence-corrected chi connectivity index (χ4v) is 4.38. The van der Waals surface area contributed by atoms with E-state index in [1.165, 1.54) is 12.1 Å². The highest BCUT2D eigenvalue weighted by Crippen LogP contribution is 2.31. The summed E-state index contributed by atoms with van der Waals surface area (Å²) >= 11 is 21.5. The predicted molar refractivity (Wildman–Crippen MR) is 140 cm³/mol. The summed E-state index contributed by atoms with van der Waals surface area (Å²) in [7, 11) is 0. The van der Waals surface area contributed by atoms with Crippen molar-refractivity contribution in [1.29, 1.82) is 0 Å². The first-order chi connectivity index (χ1) is 16.6. The van der Waals surface area contributed by atoms with Gasteiger partial charge in [-0.05, 0) is 82.0 Å². The SMILES string of the molecule is Cc1ccc(Cl)cc1N1C(=O)NC(=O)/C(=C\c2ccc(OCc3ccc(Cl)c(Cl)c3)c(Br)c2)C1=O. The van der Waals surface area contributed by atoms with Gasteiger partial charge in [-0.15, -0.1) is 0 Å². The Kier molecular flexibility index (Phi) is 7.52. The van der Waals surface area contributed by atoms with Gasteiger partial charge in [-0.25, -0.2) is 9.69 Å². The van der Waals surface area contributed by atoms with E-state index in [1.54, 1.807) is 49.4 Å². The van der Waals surface area contributed by atoms with Crippen LogP contribution in [0.25, 0.3) is 6.08 Å². The van der Waals surface area contributed by atoms with Gasteiger partial charge in [0.25, 0.3) is 11.8 Å². The zero-order valence-corrected chi connectivity index (χ0v) is 21.9. The van der Waals surface area contributed by atoms with E-state index < -0.39 is 17.8 Å². The fourth-order valence-electron chi connectivity index (χ4n) is 3.38. The summed E-state index contributed by atoms with van der Waals surface area (Å²) in [5.41, 5.74) is 2.14. The third-order valence-electron chi connectivity index (χ3n) is 5.16. The smallest absolute Gasteiger partial charge is 0.335 e. The third kappa shape index (κ3) is 5.54. The number of amides is 4. The lowest BCUT2D eigenvalue weighted by atomic mass is 10.1. The Morgan fingerprint density at radius 2 is 1.74 bits per heavy atom. The van der Waals surface area contributed by atoms with Crippen molar-refractivity contribution in [2.75, 3.05) is 4.90 Å². The topological polar surface area (TPSA) is 75.7 Å². The minimum atomic E-state index is -0.838. The number of nitrogens with zero attached hydrogens (tertiary/aromatic N) is 1. The van der Waals surface area contributed by atoms with Crippen LogP contribution >= 0.6 is 50.7 Å². The van der Waals surface area contributed by atoms with Gasteiger partial charge >= 0.3 is 6.03 Å². The second-order valence-corrected chi connectivity index (χ2v) is 9.72. The van der Waals surface area contributed by atoms with Crippen LogP contribution in [-0.4, -0.2) is 17.8 Å². The molecule has 1 fully saturated rings. The van der Waals surface area contributed by atoms with Crippen molar-refractivity contribution < 1.29 is 19.1 Å². The van der Waals surface area contributed by atoms with Gasteiger partial charge in [-0.3, -0.25) is 14.9 Å². The molecule has 0 spiro atoms. The lowest BCUT2D eigenvalue weighted by Crippen LogP contribution is -2.54. The van der Waals surface area contributed by atoms with Crippen LogP contribution < -0.4 is 15.0 Å². The number of halogens is 4. The van der Waals surface area contributed by atoms with E-state index in [0.29, 0.717) is 42.1 Å². The van der Waals surface area contributed by atoms with Crippen LogP contribution in [0, 0.1) is 6.92 Å². The van der Waals surface area contributed by atoms with Crippen molar-refractivity contribution >= 4 is 80.3 Å². The number of hydrogen-bond donors (Lipinski definition) is 1. The molecule has 0 unspecified atom stereocenters. The van der Waals surface area contributed by atoms with Crippen molar-refractivity contribution in [3.8, 4) is 5.75 Å². The Morgan fingerprint density at radius 1 is 0.971 bits per heavy atom. The van der Waals surface area contributed by atoms with Crippen molar-refractivity contribution in [2.45, 2.75) is 13.5 Å². The van der Waals surface area contributed by atoms with Gasteiger partial charge in [-0.1, -0.05) is 53.0 Å². The maximum atomic E-state index is 13.2. The number of ether oxygens (including phenoxy) is 1. The molecule has 0 aromatic heterocycles. The van der Waals surface area contributed by atoms with Gasteiger partial charge in [-0.2, -0.15) is 0 Å². The van der Waals surface area contributed by atoms with Gasteiger partial charge < -0.3 is 4.74 Å². The minimum Gasteiger partial charge on any atom is -0.488 e. The molecule has 10 heteroatoms. The zero-order valence-electron chi connectivity index (χ0n) is 18.1. The lowest BCUT2D eigenvalue weighted by Gasteiger charge is -2.27. The van der Waals surface area contributed by atoms with E-state index in [0.717, 1.165) is 10.5 Å². The Balaban J connectivity index is 1.58. The lowest BCUT2D eigenvalue weighted by molar-refractivity contribution is -0.122. The quantitative estimate of drug-likeness (QED) is 0.256. The number of carbonyl (C=O) groups excluding carboxylic acids is 3. The molecule has 0 radical (unpaired) electrons. The molecule has 6 nitrogen and oxygen atoms in total. The Hall–Kier alpha value is -2.84. The van der Waals surface area contributed by atoms with Crippen LogP contribution in [0.4, 0.5) is 10.5 Å². The highest BCUT2D eigenvalue weighted by atomic mass is 79.9. The number of urea groups is 1. The number of imide groups is 2. The molecule has 4 amide bonds. The second kappa shape index (κ2) is 10.4. The normalized spacial score (nSPS) is 14.9. The molecule has 1 N–H and O–H groups in total. The van der Waals surface area contributed by atoms with Crippen LogP contribution in [0.1, 0.15) is 16.7 Å². The number of hydrogen-bond acceptors (Lipinski definition) is 4. The van der Waals surface area contributed by atoms with Gasteiger partial charge in [0, 0.05) is 5.02 Å². The molecule has 0 bridgehead atoms. The highest BCUT2D eigenvalue weighted by Gasteiger charge is 2.37. The highest BCUT2D eigenvalue weighted by molar-refractivity contribution is 9.10. The number of nitrogens with one attached hydrogen (secondary N) is 1. The van der Waals surface area contributed by atoms with Crippen LogP contribution in [-0.2, 0) is 16.2 Å². The Bertz CT molecular complexity index is 1410. The van der Waals surface area contributed by atoms with Gasteiger partial charge in [0.1, 0.15) is 17.9 Å². The summed E-state index contributed by atoms with van der Waals surface area (Å²) in [5.74, 6) is -0.990. The number of barbiturate groups is 1. The predicted octanol–water partition coefficient (Wildman–Crippen LogP) is 6.96. The average Bonchev–Trinajstić information content (AvgIpc) is 2.80. The molecule has 3 aromatic rings. The third-order valence-corrected chi connectivity index (χ3v) is 6.75. The molecular formula is C25H16BrCl3N2O4. The molecule has 35 heavy (non-hydrogen) atoms. The number of benzene rings is 3. The molecule has 1 aliphatic heterocycles. The largest absolute Gasteiger partial charge is 0.488 e. The maximum absolute atomic E-state index is 13.2. The molecule has 0 saturated carbocycles. The first-order valence-corrected chi connectivity index (χ1v) is 12.1. The van der Waals surface area contributed by atoms with E-state index in [2.05, 4.69) is 21.2 Å². The van der Waals surface area contributed by atoms with Crippen LogP contribution in [0.15, 0.2) is 64.6 Å². The van der Waals surface area contributed by atoms with E-state index in [4.69, 9.17) is 39.5 Å². The van der Waals surface area contributed by atoms with E-state index in [9.17, 15) is 14.4 Å². The number of aryl methyl sites for hydroxylation is 1.